The van der Waals surface area contributed by atoms with Crippen molar-refractivity contribution >= 4 is 5.78 Å². The molecule has 0 spiro atoms. The van der Waals surface area contributed by atoms with Gasteiger partial charge in [0.2, 0.25) is 0 Å². The highest BCUT2D eigenvalue weighted by atomic mass is 16.6. The molecule has 0 aliphatic carbocycles. The van der Waals surface area contributed by atoms with Crippen molar-refractivity contribution in [3.63, 3.8) is 0 Å². The molecular weight excluding hydrogens is 252 g/mol. The lowest BCUT2D eigenvalue weighted by Crippen LogP contribution is -2.15. The Hall–Kier alpha value is -2.29. The van der Waals surface area contributed by atoms with Gasteiger partial charge in [-0.15, -0.1) is 0 Å². The van der Waals surface area contributed by atoms with Gasteiger partial charge >= 0.3 is 0 Å². The highest BCUT2D eigenvalue weighted by molar-refractivity contribution is 6.09. The molecule has 1 aliphatic rings. The van der Waals surface area contributed by atoms with Gasteiger partial charge in [0.25, 0.3) is 0 Å². The third-order valence-electron chi connectivity index (χ3n) is 3.57. The second-order valence-electron chi connectivity index (χ2n) is 4.99. The second-order valence-corrected chi connectivity index (χ2v) is 4.99. The number of ketones is 1. The van der Waals surface area contributed by atoms with Gasteiger partial charge in [0.15, 0.2) is 17.3 Å². The van der Waals surface area contributed by atoms with Crippen LogP contribution in [0.3, 0.4) is 0 Å². The van der Waals surface area contributed by atoms with Crippen LogP contribution in [0.4, 0.5) is 0 Å². The van der Waals surface area contributed by atoms with Crippen LogP contribution in [0.2, 0.25) is 0 Å². The monoisotopic (exact) mass is 268 g/mol. The third-order valence-corrected chi connectivity index (χ3v) is 3.57. The molecule has 0 aromatic heterocycles. The number of hydrogen-bond acceptors (Lipinski definition) is 3. The fourth-order valence-electron chi connectivity index (χ4n) is 2.23. The van der Waals surface area contributed by atoms with Gasteiger partial charge in [-0.3, -0.25) is 4.79 Å². The van der Waals surface area contributed by atoms with Crippen LogP contribution in [0.5, 0.6) is 11.5 Å². The van der Waals surface area contributed by atoms with Crippen molar-refractivity contribution in [1.82, 2.24) is 0 Å². The predicted molar refractivity (Wildman–Crippen MR) is 76.8 cm³/mol. The van der Waals surface area contributed by atoms with E-state index < -0.39 is 0 Å². The van der Waals surface area contributed by atoms with Gasteiger partial charge in [-0.05, 0) is 49.2 Å². The molecule has 0 saturated heterocycles. The molecule has 0 bridgehead atoms. The van der Waals surface area contributed by atoms with E-state index in [0.717, 1.165) is 5.56 Å². The van der Waals surface area contributed by atoms with Crippen molar-refractivity contribution in [2.24, 2.45) is 0 Å². The molecule has 3 heteroatoms. The van der Waals surface area contributed by atoms with Crippen molar-refractivity contribution in [1.29, 1.82) is 0 Å². The van der Waals surface area contributed by atoms with E-state index in [9.17, 15) is 4.79 Å². The first-order chi connectivity index (χ1) is 9.65. The molecule has 0 unspecified atom stereocenters. The summed E-state index contributed by atoms with van der Waals surface area (Å²) in [5.74, 6) is 1.35. The second kappa shape index (κ2) is 5.00. The maximum Gasteiger partial charge on any atom is 0.193 e. The molecule has 0 amide bonds. The van der Waals surface area contributed by atoms with Gasteiger partial charge in [-0.25, -0.2) is 0 Å². The number of benzene rings is 2. The number of aryl methyl sites for hydroxylation is 2. The Bertz CT molecular complexity index is 674. The number of ether oxygens (including phenoxy) is 2. The average Bonchev–Trinajstić information content (AvgIpc) is 2.49. The van der Waals surface area contributed by atoms with Gasteiger partial charge in [0, 0.05) is 11.1 Å². The lowest BCUT2D eigenvalue weighted by Gasteiger charge is -2.18. The summed E-state index contributed by atoms with van der Waals surface area (Å²) in [6.07, 6.45) is 0. The number of carbonyl (C=O) groups excluding carboxylic acids is 1. The maximum atomic E-state index is 12.5. The Balaban J connectivity index is 1.95. The molecule has 0 N–H and O–H groups in total. The highest BCUT2D eigenvalue weighted by Gasteiger charge is 2.16. The zero-order valence-electron chi connectivity index (χ0n) is 11.6. The molecule has 1 heterocycles. The number of rotatable bonds is 2. The summed E-state index contributed by atoms with van der Waals surface area (Å²) >= 11 is 0. The average molecular weight is 268 g/mol. The standard InChI is InChI=1S/C17H16O3/c1-11-3-4-13(9-12(11)2)17(18)14-5-6-15-16(10-14)20-8-7-19-15/h3-6,9-10H,7-8H2,1-2H3. The molecule has 3 rings (SSSR count). The summed E-state index contributed by atoms with van der Waals surface area (Å²) in [6.45, 7) is 5.12. The lowest BCUT2D eigenvalue weighted by molar-refractivity contribution is 0.103. The van der Waals surface area contributed by atoms with Crippen LogP contribution in [0.1, 0.15) is 27.0 Å². The molecule has 0 fully saturated rings. The largest absolute Gasteiger partial charge is 0.486 e. The van der Waals surface area contributed by atoms with E-state index in [4.69, 9.17) is 9.47 Å². The maximum absolute atomic E-state index is 12.5. The Kier molecular flexibility index (Phi) is 3.18. The quantitative estimate of drug-likeness (QED) is 0.784. The number of carbonyl (C=O) groups is 1. The highest BCUT2D eigenvalue weighted by Crippen LogP contribution is 2.31. The van der Waals surface area contributed by atoms with E-state index in [-0.39, 0.29) is 5.78 Å². The fourth-order valence-corrected chi connectivity index (χ4v) is 2.23. The summed E-state index contributed by atoms with van der Waals surface area (Å²) < 4.78 is 11.0. The van der Waals surface area contributed by atoms with Crippen LogP contribution in [-0.4, -0.2) is 19.0 Å². The summed E-state index contributed by atoms with van der Waals surface area (Å²) in [5.41, 5.74) is 3.62. The molecule has 20 heavy (non-hydrogen) atoms. The van der Waals surface area contributed by atoms with Crippen molar-refractivity contribution in [3.05, 3.63) is 58.7 Å². The lowest BCUT2D eigenvalue weighted by atomic mass is 9.99. The van der Waals surface area contributed by atoms with Crippen LogP contribution in [0.25, 0.3) is 0 Å². The molecule has 2 aromatic carbocycles. The Morgan fingerprint density at radius 1 is 0.850 bits per heavy atom. The topological polar surface area (TPSA) is 35.5 Å². The normalized spacial score (nSPS) is 13.1. The molecule has 1 aliphatic heterocycles. The Labute approximate surface area is 118 Å². The van der Waals surface area contributed by atoms with Crippen LogP contribution in [0, 0.1) is 13.8 Å². The summed E-state index contributed by atoms with van der Waals surface area (Å²) in [7, 11) is 0. The van der Waals surface area contributed by atoms with Gasteiger partial charge < -0.3 is 9.47 Å². The van der Waals surface area contributed by atoms with Crippen molar-refractivity contribution in [2.45, 2.75) is 13.8 Å². The predicted octanol–water partition coefficient (Wildman–Crippen LogP) is 3.31. The summed E-state index contributed by atoms with van der Waals surface area (Å²) in [6, 6.07) is 11.1. The van der Waals surface area contributed by atoms with Crippen molar-refractivity contribution in [2.75, 3.05) is 13.2 Å². The van der Waals surface area contributed by atoms with Gasteiger partial charge in [-0.2, -0.15) is 0 Å². The van der Waals surface area contributed by atoms with Crippen LogP contribution >= 0.6 is 0 Å². The zero-order valence-corrected chi connectivity index (χ0v) is 11.6. The van der Waals surface area contributed by atoms with E-state index in [1.165, 1.54) is 5.56 Å². The van der Waals surface area contributed by atoms with Gasteiger partial charge in [-0.1, -0.05) is 12.1 Å². The molecule has 102 valence electrons. The molecular formula is C17H16O3. The van der Waals surface area contributed by atoms with E-state index >= 15 is 0 Å². The SMILES string of the molecule is Cc1ccc(C(=O)c2ccc3c(c2)OCCO3)cc1C. The minimum Gasteiger partial charge on any atom is -0.486 e. The van der Waals surface area contributed by atoms with Crippen LogP contribution < -0.4 is 9.47 Å². The van der Waals surface area contributed by atoms with Gasteiger partial charge in [0.05, 0.1) is 0 Å². The molecule has 0 atom stereocenters. The third kappa shape index (κ3) is 2.27. The van der Waals surface area contributed by atoms with Crippen molar-refractivity contribution < 1.29 is 14.3 Å². The fraction of sp³-hybridized carbons (Fsp3) is 0.235. The summed E-state index contributed by atoms with van der Waals surface area (Å²) in [5, 5.41) is 0. The van der Waals surface area contributed by atoms with E-state index in [1.54, 1.807) is 18.2 Å². The van der Waals surface area contributed by atoms with Crippen LogP contribution in [-0.2, 0) is 0 Å². The first-order valence-electron chi connectivity index (χ1n) is 6.67. The summed E-state index contributed by atoms with van der Waals surface area (Å²) in [4.78, 5) is 12.5. The molecule has 3 nitrogen and oxygen atoms in total. The zero-order chi connectivity index (χ0) is 14.1. The molecule has 2 aromatic rings. The first kappa shape index (κ1) is 12.7. The number of hydrogen-bond donors (Lipinski definition) is 0. The molecule has 0 saturated carbocycles. The van der Waals surface area contributed by atoms with E-state index in [2.05, 4.69) is 0 Å². The Morgan fingerprint density at radius 2 is 1.50 bits per heavy atom. The van der Waals surface area contributed by atoms with Crippen molar-refractivity contribution in [3.8, 4) is 11.5 Å². The molecule has 0 radical (unpaired) electrons. The van der Waals surface area contributed by atoms with Crippen LogP contribution in [0.15, 0.2) is 36.4 Å². The first-order valence-corrected chi connectivity index (χ1v) is 6.67. The minimum absolute atomic E-state index is 0.00470. The van der Waals surface area contributed by atoms with Gasteiger partial charge in [0.1, 0.15) is 13.2 Å². The Morgan fingerprint density at radius 3 is 2.25 bits per heavy atom. The number of fused-ring (bicyclic) bond motifs is 1. The smallest absolute Gasteiger partial charge is 0.193 e. The van der Waals surface area contributed by atoms with E-state index in [1.807, 2.05) is 32.0 Å². The minimum atomic E-state index is 0.00470. The van der Waals surface area contributed by atoms with E-state index in [0.29, 0.717) is 35.8 Å².